The highest BCUT2D eigenvalue weighted by atomic mass is 32.1. The summed E-state index contributed by atoms with van der Waals surface area (Å²) in [6.45, 7) is 0. The molecule has 1 N–H and O–H groups in total. The van der Waals surface area contributed by atoms with Crippen LogP contribution in [0.1, 0.15) is 10.5 Å². The molecule has 6 nitrogen and oxygen atoms in total. The van der Waals surface area contributed by atoms with Crippen LogP contribution in [0.5, 0.6) is 0 Å². The van der Waals surface area contributed by atoms with Crippen molar-refractivity contribution in [2.45, 2.75) is 0 Å². The van der Waals surface area contributed by atoms with Crippen molar-refractivity contribution in [2.75, 3.05) is 17.3 Å². The van der Waals surface area contributed by atoms with E-state index in [2.05, 4.69) is 20.3 Å². The van der Waals surface area contributed by atoms with Crippen LogP contribution < -0.4 is 10.2 Å². The Bertz CT molecular complexity index is 858. The van der Waals surface area contributed by atoms with Gasteiger partial charge < -0.3 is 10.2 Å². The van der Waals surface area contributed by atoms with Crippen molar-refractivity contribution in [1.82, 2.24) is 15.0 Å². The Morgan fingerprint density at radius 1 is 1.25 bits per heavy atom. The molecule has 3 aromatic rings. The zero-order valence-corrected chi connectivity index (χ0v) is 13.2. The van der Waals surface area contributed by atoms with E-state index in [4.69, 9.17) is 0 Å². The summed E-state index contributed by atoms with van der Waals surface area (Å²) in [6.07, 6.45) is 4.26. The fraction of sp³-hybridized carbons (Fsp3) is 0.0667. The van der Waals surface area contributed by atoms with Crippen LogP contribution in [0.15, 0.2) is 41.7 Å². The summed E-state index contributed by atoms with van der Waals surface area (Å²) in [7, 11) is 1.54. The number of hydrogen-bond acceptors (Lipinski definition) is 6. The van der Waals surface area contributed by atoms with Crippen molar-refractivity contribution in [3.8, 4) is 0 Å². The molecule has 0 saturated carbocycles. The molecule has 24 heavy (non-hydrogen) atoms. The van der Waals surface area contributed by atoms with E-state index in [-0.39, 0.29) is 17.1 Å². The first-order valence-corrected chi connectivity index (χ1v) is 7.68. The third-order valence-corrected chi connectivity index (χ3v) is 3.81. The first-order valence-electron chi connectivity index (χ1n) is 6.73. The van der Waals surface area contributed by atoms with Crippen molar-refractivity contribution in [2.24, 2.45) is 0 Å². The number of halogens is 2. The maximum Gasteiger partial charge on any atom is 0.275 e. The molecule has 0 saturated heterocycles. The Labute approximate surface area is 139 Å². The molecule has 0 aliphatic rings. The molecule has 0 radical (unpaired) electrons. The summed E-state index contributed by atoms with van der Waals surface area (Å²) in [5.41, 5.74) is 2.24. The maximum absolute atomic E-state index is 14.1. The number of hydrogen-bond donors (Lipinski definition) is 1. The van der Waals surface area contributed by atoms with Crippen LogP contribution in [0.3, 0.4) is 0 Å². The van der Waals surface area contributed by atoms with Gasteiger partial charge in [0.25, 0.3) is 5.91 Å². The molecular weight excluding hydrogens is 336 g/mol. The lowest BCUT2D eigenvalue weighted by Gasteiger charge is -2.20. The molecule has 0 unspecified atom stereocenters. The first-order chi connectivity index (χ1) is 11.6. The Kier molecular flexibility index (Phi) is 4.43. The van der Waals surface area contributed by atoms with Gasteiger partial charge in [0.15, 0.2) is 11.6 Å². The van der Waals surface area contributed by atoms with E-state index in [0.29, 0.717) is 5.69 Å². The molecule has 122 valence electrons. The van der Waals surface area contributed by atoms with E-state index in [1.165, 1.54) is 46.5 Å². The molecule has 1 amide bonds. The van der Waals surface area contributed by atoms with Crippen LogP contribution in [0.25, 0.3) is 0 Å². The minimum atomic E-state index is -1.08. The average molecular weight is 347 g/mol. The largest absolute Gasteiger partial charge is 0.340 e. The summed E-state index contributed by atoms with van der Waals surface area (Å²) in [5, 5.41) is 4.06. The smallest absolute Gasteiger partial charge is 0.275 e. The Morgan fingerprint density at radius 2 is 2.00 bits per heavy atom. The standard InChI is InChI=1S/C15H11F2N5OS/c1-22(10-4-18-7-19-5-10)13-3-9(2-11(16)14(13)17)21-15(23)12-6-24-8-20-12/h2-8H,1H3,(H,21,23). The van der Waals surface area contributed by atoms with Gasteiger partial charge in [-0.05, 0) is 6.07 Å². The minimum absolute atomic E-state index is 0.0571. The maximum atomic E-state index is 14.1. The molecule has 3 rings (SSSR count). The van der Waals surface area contributed by atoms with Crippen molar-refractivity contribution in [1.29, 1.82) is 0 Å². The summed E-state index contributed by atoms with van der Waals surface area (Å²) < 4.78 is 28.1. The number of aromatic nitrogens is 3. The van der Waals surface area contributed by atoms with Crippen molar-refractivity contribution < 1.29 is 13.6 Å². The fourth-order valence-electron chi connectivity index (χ4n) is 2.01. The Balaban J connectivity index is 1.93. The number of carbonyl (C=O) groups excluding carboxylic acids is 1. The zero-order chi connectivity index (χ0) is 17.1. The molecule has 2 heterocycles. The molecule has 0 fully saturated rings. The molecule has 0 aliphatic heterocycles. The third-order valence-electron chi connectivity index (χ3n) is 3.23. The number of anilines is 3. The van der Waals surface area contributed by atoms with Crippen LogP contribution in [-0.4, -0.2) is 27.9 Å². The zero-order valence-electron chi connectivity index (χ0n) is 12.4. The van der Waals surface area contributed by atoms with E-state index in [0.717, 1.165) is 6.07 Å². The number of amides is 1. The van der Waals surface area contributed by atoms with Crippen LogP contribution in [0.4, 0.5) is 25.8 Å². The molecule has 0 aliphatic carbocycles. The number of thiazole rings is 1. The molecule has 0 bridgehead atoms. The van der Waals surface area contributed by atoms with Crippen molar-refractivity contribution in [3.05, 3.63) is 59.1 Å². The Morgan fingerprint density at radius 3 is 2.67 bits per heavy atom. The molecule has 0 spiro atoms. The highest BCUT2D eigenvalue weighted by molar-refractivity contribution is 7.07. The average Bonchev–Trinajstić information content (AvgIpc) is 3.13. The van der Waals surface area contributed by atoms with E-state index < -0.39 is 17.5 Å². The first kappa shape index (κ1) is 15.9. The summed E-state index contributed by atoms with van der Waals surface area (Å²) in [6, 6.07) is 2.24. The number of carbonyl (C=O) groups is 1. The highest BCUT2D eigenvalue weighted by Crippen LogP contribution is 2.30. The minimum Gasteiger partial charge on any atom is -0.340 e. The van der Waals surface area contributed by atoms with Crippen LogP contribution >= 0.6 is 11.3 Å². The fourth-order valence-corrected chi connectivity index (χ4v) is 2.55. The number of benzene rings is 1. The summed E-state index contributed by atoms with van der Waals surface area (Å²) in [5.74, 6) is -2.61. The van der Waals surface area contributed by atoms with Gasteiger partial charge in [0.05, 0.1) is 29.3 Å². The monoisotopic (exact) mass is 347 g/mol. The van der Waals surface area contributed by atoms with E-state index in [1.54, 1.807) is 12.4 Å². The van der Waals surface area contributed by atoms with Gasteiger partial charge in [0.1, 0.15) is 12.0 Å². The van der Waals surface area contributed by atoms with Crippen molar-refractivity contribution >= 4 is 34.3 Å². The van der Waals surface area contributed by atoms with Gasteiger partial charge >= 0.3 is 0 Å². The van der Waals surface area contributed by atoms with Gasteiger partial charge in [0.2, 0.25) is 0 Å². The number of rotatable bonds is 4. The lowest BCUT2D eigenvalue weighted by Crippen LogP contribution is -2.16. The predicted molar refractivity (Wildman–Crippen MR) is 86.5 cm³/mol. The van der Waals surface area contributed by atoms with Gasteiger partial charge in [-0.15, -0.1) is 11.3 Å². The highest BCUT2D eigenvalue weighted by Gasteiger charge is 2.17. The topological polar surface area (TPSA) is 71.0 Å². The second-order valence-corrected chi connectivity index (χ2v) is 5.49. The van der Waals surface area contributed by atoms with Crippen LogP contribution in [-0.2, 0) is 0 Å². The van der Waals surface area contributed by atoms with Gasteiger partial charge in [-0.1, -0.05) is 0 Å². The van der Waals surface area contributed by atoms with Gasteiger partial charge in [-0.2, -0.15) is 0 Å². The third kappa shape index (κ3) is 3.20. The molecule has 0 atom stereocenters. The second kappa shape index (κ2) is 6.67. The van der Waals surface area contributed by atoms with E-state index >= 15 is 0 Å². The normalized spacial score (nSPS) is 10.5. The number of nitrogens with zero attached hydrogens (tertiary/aromatic N) is 4. The van der Waals surface area contributed by atoms with E-state index in [9.17, 15) is 13.6 Å². The SMILES string of the molecule is CN(c1cncnc1)c1cc(NC(=O)c2cscn2)cc(F)c1F. The lowest BCUT2D eigenvalue weighted by molar-refractivity contribution is 0.102. The molecule has 1 aromatic carbocycles. The number of nitrogens with one attached hydrogen (secondary N) is 1. The summed E-state index contributed by atoms with van der Waals surface area (Å²) >= 11 is 1.26. The Hall–Kier alpha value is -2.94. The van der Waals surface area contributed by atoms with Crippen molar-refractivity contribution in [3.63, 3.8) is 0 Å². The molecule has 9 heteroatoms. The predicted octanol–water partition coefficient (Wildman–Crippen LogP) is 3.23. The summed E-state index contributed by atoms with van der Waals surface area (Å²) in [4.78, 5) is 24.9. The van der Waals surface area contributed by atoms with Crippen LogP contribution in [0, 0.1) is 11.6 Å². The molecular formula is C15H11F2N5OS. The second-order valence-electron chi connectivity index (χ2n) is 4.77. The van der Waals surface area contributed by atoms with Gasteiger partial charge in [-0.3, -0.25) is 4.79 Å². The van der Waals surface area contributed by atoms with E-state index in [1.807, 2.05) is 0 Å². The lowest BCUT2D eigenvalue weighted by atomic mass is 10.2. The van der Waals surface area contributed by atoms with Crippen LogP contribution in [0.2, 0.25) is 0 Å². The molecule has 2 aromatic heterocycles. The van der Waals surface area contributed by atoms with Gasteiger partial charge in [-0.25, -0.2) is 23.7 Å². The van der Waals surface area contributed by atoms with Gasteiger partial charge in [0, 0.05) is 24.2 Å². The quantitative estimate of drug-likeness (QED) is 0.785.